The van der Waals surface area contributed by atoms with E-state index in [1.54, 1.807) is 13.8 Å². The molecular formula is C9H14N2O4. The number of rotatable bonds is 4. The van der Waals surface area contributed by atoms with Crippen molar-refractivity contribution < 1.29 is 19.5 Å². The van der Waals surface area contributed by atoms with E-state index < -0.39 is 18.0 Å². The number of urea groups is 1. The summed E-state index contributed by atoms with van der Waals surface area (Å²) in [5, 5.41) is 10.9. The smallest absolute Gasteiger partial charge is 0.325 e. The molecular weight excluding hydrogens is 200 g/mol. The van der Waals surface area contributed by atoms with Gasteiger partial charge in [-0.3, -0.25) is 14.5 Å². The van der Waals surface area contributed by atoms with E-state index in [0.717, 1.165) is 4.90 Å². The van der Waals surface area contributed by atoms with Gasteiger partial charge in [0.2, 0.25) is 0 Å². The standard InChI is InChI=1S/C9H14N2O4/c1-5(2)11-8(14)6(10-9(11)15)3-4-7(12)13/h5-6H,3-4H2,1-2H3,(H,10,15)(H,12,13). The van der Waals surface area contributed by atoms with Crippen LogP contribution in [0.2, 0.25) is 0 Å². The minimum absolute atomic E-state index is 0.122. The maximum Gasteiger partial charge on any atom is 0.325 e. The summed E-state index contributed by atoms with van der Waals surface area (Å²) in [6.07, 6.45) is 0.0196. The largest absolute Gasteiger partial charge is 0.481 e. The van der Waals surface area contributed by atoms with Gasteiger partial charge in [-0.15, -0.1) is 0 Å². The lowest BCUT2D eigenvalue weighted by molar-refractivity contribution is -0.137. The molecule has 0 radical (unpaired) electrons. The fraction of sp³-hybridized carbons (Fsp3) is 0.667. The molecule has 15 heavy (non-hydrogen) atoms. The molecule has 0 spiro atoms. The average molecular weight is 214 g/mol. The second-order valence-electron chi connectivity index (χ2n) is 3.74. The molecule has 1 atom stereocenters. The summed E-state index contributed by atoms with van der Waals surface area (Å²) in [6.45, 7) is 3.47. The first-order valence-corrected chi connectivity index (χ1v) is 4.79. The first-order valence-electron chi connectivity index (χ1n) is 4.79. The van der Waals surface area contributed by atoms with Crippen molar-refractivity contribution in [3.63, 3.8) is 0 Å². The van der Waals surface area contributed by atoms with E-state index >= 15 is 0 Å². The SMILES string of the molecule is CC(C)N1C(=O)NC(CCC(=O)O)C1=O. The number of aliphatic carboxylic acids is 1. The number of carbonyl (C=O) groups is 3. The highest BCUT2D eigenvalue weighted by Crippen LogP contribution is 2.13. The van der Waals surface area contributed by atoms with Crippen LogP contribution in [-0.2, 0) is 9.59 Å². The molecule has 1 fully saturated rings. The zero-order valence-electron chi connectivity index (χ0n) is 8.69. The second-order valence-corrected chi connectivity index (χ2v) is 3.74. The van der Waals surface area contributed by atoms with Gasteiger partial charge < -0.3 is 10.4 Å². The van der Waals surface area contributed by atoms with Crippen molar-refractivity contribution in [2.75, 3.05) is 0 Å². The fourth-order valence-corrected chi connectivity index (χ4v) is 1.50. The summed E-state index contributed by atoms with van der Waals surface area (Å²) >= 11 is 0. The highest BCUT2D eigenvalue weighted by Gasteiger charge is 2.39. The van der Waals surface area contributed by atoms with Crippen molar-refractivity contribution in [1.82, 2.24) is 10.2 Å². The van der Waals surface area contributed by atoms with Crippen molar-refractivity contribution in [2.45, 2.75) is 38.8 Å². The molecule has 1 unspecified atom stereocenters. The van der Waals surface area contributed by atoms with E-state index in [-0.39, 0.29) is 24.8 Å². The highest BCUT2D eigenvalue weighted by molar-refractivity contribution is 6.04. The summed E-state index contributed by atoms with van der Waals surface area (Å²) in [5.74, 6) is -1.31. The molecule has 6 heteroatoms. The molecule has 6 nitrogen and oxygen atoms in total. The number of hydrogen-bond donors (Lipinski definition) is 2. The second kappa shape index (κ2) is 4.29. The molecule has 0 bridgehead atoms. The van der Waals surface area contributed by atoms with Crippen LogP contribution in [0.15, 0.2) is 0 Å². The van der Waals surface area contributed by atoms with E-state index in [4.69, 9.17) is 5.11 Å². The van der Waals surface area contributed by atoms with Crippen molar-refractivity contribution in [2.24, 2.45) is 0 Å². The van der Waals surface area contributed by atoms with E-state index in [2.05, 4.69) is 5.32 Å². The highest BCUT2D eigenvalue weighted by atomic mass is 16.4. The van der Waals surface area contributed by atoms with Crippen LogP contribution in [0.5, 0.6) is 0 Å². The minimum Gasteiger partial charge on any atom is -0.481 e. The quantitative estimate of drug-likeness (QED) is 0.653. The van der Waals surface area contributed by atoms with Gasteiger partial charge >= 0.3 is 12.0 Å². The number of nitrogens with one attached hydrogen (secondary N) is 1. The van der Waals surface area contributed by atoms with E-state index in [1.165, 1.54) is 0 Å². The number of carbonyl (C=O) groups excluding carboxylic acids is 2. The van der Waals surface area contributed by atoms with Gasteiger partial charge in [-0.2, -0.15) is 0 Å². The molecule has 0 saturated carbocycles. The predicted octanol–water partition coefficient (Wildman–Crippen LogP) is 0.180. The van der Waals surface area contributed by atoms with Gasteiger partial charge in [0.1, 0.15) is 6.04 Å². The number of nitrogens with zero attached hydrogens (tertiary/aromatic N) is 1. The van der Waals surface area contributed by atoms with Gasteiger partial charge in [0.25, 0.3) is 5.91 Å². The number of hydrogen-bond acceptors (Lipinski definition) is 3. The summed E-state index contributed by atoms with van der Waals surface area (Å²) in [5.41, 5.74) is 0. The Labute approximate surface area is 87.2 Å². The Balaban J connectivity index is 2.61. The molecule has 1 aliphatic rings. The van der Waals surface area contributed by atoms with Gasteiger partial charge in [0, 0.05) is 12.5 Å². The predicted molar refractivity (Wildman–Crippen MR) is 51.2 cm³/mol. The molecule has 1 saturated heterocycles. The van der Waals surface area contributed by atoms with Crippen LogP contribution < -0.4 is 5.32 Å². The van der Waals surface area contributed by atoms with Gasteiger partial charge in [-0.25, -0.2) is 4.79 Å². The van der Waals surface area contributed by atoms with Crippen LogP contribution in [0, 0.1) is 0 Å². The van der Waals surface area contributed by atoms with E-state index in [9.17, 15) is 14.4 Å². The Morgan fingerprint density at radius 3 is 2.53 bits per heavy atom. The van der Waals surface area contributed by atoms with Crippen molar-refractivity contribution in [3.8, 4) is 0 Å². The van der Waals surface area contributed by atoms with Crippen molar-refractivity contribution in [1.29, 1.82) is 0 Å². The Bertz CT molecular complexity index is 300. The molecule has 0 aliphatic carbocycles. The molecule has 84 valence electrons. The normalized spacial score (nSPS) is 21.0. The van der Waals surface area contributed by atoms with Gasteiger partial charge in [0.05, 0.1) is 0 Å². The summed E-state index contributed by atoms with van der Waals surface area (Å²) in [6, 6.07) is -1.33. The lowest BCUT2D eigenvalue weighted by Crippen LogP contribution is -2.37. The molecule has 0 aromatic rings. The number of carboxylic acid groups (broad SMARTS) is 1. The molecule has 0 aromatic heterocycles. The summed E-state index contributed by atoms with van der Waals surface area (Å²) < 4.78 is 0. The first kappa shape index (κ1) is 11.5. The Hall–Kier alpha value is -1.59. The lowest BCUT2D eigenvalue weighted by Gasteiger charge is -2.16. The topological polar surface area (TPSA) is 86.7 Å². The molecule has 1 rings (SSSR count). The Morgan fingerprint density at radius 1 is 1.53 bits per heavy atom. The minimum atomic E-state index is -0.972. The molecule has 2 N–H and O–H groups in total. The van der Waals surface area contributed by atoms with Crippen LogP contribution in [-0.4, -0.2) is 40.0 Å². The molecule has 0 aromatic carbocycles. The molecule has 3 amide bonds. The van der Waals surface area contributed by atoms with E-state index in [0.29, 0.717) is 0 Å². The fourth-order valence-electron chi connectivity index (χ4n) is 1.50. The average Bonchev–Trinajstić information content (AvgIpc) is 2.37. The summed E-state index contributed by atoms with van der Waals surface area (Å²) in [7, 11) is 0. The van der Waals surface area contributed by atoms with Crippen LogP contribution >= 0.6 is 0 Å². The zero-order chi connectivity index (χ0) is 11.6. The lowest BCUT2D eigenvalue weighted by atomic mass is 10.1. The van der Waals surface area contributed by atoms with E-state index in [1.807, 2.05) is 0 Å². The van der Waals surface area contributed by atoms with Crippen LogP contribution in [0.25, 0.3) is 0 Å². The first-order chi connectivity index (χ1) is 6.93. The summed E-state index contributed by atoms with van der Waals surface area (Å²) in [4.78, 5) is 34.4. The molecule has 1 aliphatic heterocycles. The van der Waals surface area contributed by atoms with Crippen LogP contribution in [0.1, 0.15) is 26.7 Å². The number of imide groups is 1. The molecule has 1 heterocycles. The number of amides is 3. The van der Waals surface area contributed by atoms with Crippen molar-refractivity contribution in [3.05, 3.63) is 0 Å². The van der Waals surface area contributed by atoms with Crippen molar-refractivity contribution >= 4 is 17.9 Å². The Kier molecular flexibility index (Phi) is 3.28. The third-order valence-corrected chi connectivity index (χ3v) is 2.22. The van der Waals surface area contributed by atoms with Gasteiger partial charge in [-0.1, -0.05) is 0 Å². The maximum atomic E-state index is 11.6. The van der Waals surface area contributed by atoms with Crippen LogP contribution in [0.3, 0.4) is 0 Å². The Morgan fingerprint density at radius 2 is 2.13 bits per heavy atom. The maximum absolute atomic E-state index is 11.6. The third-order valence-electron chi connectivity index (χ3n) is 2.22. The third kappa shape index (κ3) is 2.45. The van der Waals surface area contributed by atoms with Gasteiger partial charge in [-0.05, 0) is 20.3 Å². The monoisotopic (exact) mass is 214 g/mol. The number of carboxylic acids is 1. The van der Waals surface area contributed by atoms with Crippen LogP contribution in [0.4, 0.5) is 4.79 Å². The van der Waals surface area contributed by atoms with Gasteiger partial charge in [0.15, 0.2) is 0 Å². The zero-order valence-corrected chi connectivity index (χ0v) is 8.69.